The molecule has 0 aliphatic carbocycles. The fourth-order valence-electron chi connectivity index (χ4n) is 2.67. The van der Waals surface area contributed by atoms with E-state index in [1.807, 2.05) is 6.92 Å². The smallest absolute Gasteiger partial charge is 0.214 e. The molecule has 1 aliphatic heterocycles. The van der Waals surface area contributed by atoms with E-state index in [4.69, 9.17) is 0 Å². The molecule has 0 spiro atoms. The van der Waals surface area contributed by atoms with Crippen LogP contribution in [0.15, 0.2) is 11.4 Å². The lowest BCUT2D eigenvalue weighted by Gasteiger charge is -2.32. The second-order valence-corrected chi connectivity index (χ2v) is 8.30. The third-order valence-corrected chi connectivity index (χ3v) is 6.78. The molecule has 1 unspecified atom stereocenters. The molecule has 114 valence electrons. The minimum Gasteiger partial charge on any atom is -0.317 e. The highest BCUT2D eigenvalue weighted by molar-refractivity contribution is 7.89. The minimum absolute atomic E-state index is 0.0152. The number of fused-ring (bicyclic) bond motifs is 1. The molecule has 6 heteroatoms. The van der Waals surface area contributed by atoms with Gasteiger partial charge in [0.25, 0.3) is 0 Å². The first-order valence-electron chi connectivity index (χ1n) is 7.32. The first-order valence-corrected chi connectivity index (χ1v) is 9.81. The van der Waals surface area contributed by atoms with E-state index in [-0.39, 0.29) is 11.8 Å². The number of sulfonamides is 1. The van der Waals surface area contributed by atoms with Crippen LogP contribution in [0.4, 0.5) is 0 Å². The second-order valence-electron chi connectivity index (χ2n) is 5.26. The maximum atomic E-state index is 12.5. The molecule has 1 aromatic heterocycles. The molecular weight excluding hydrogens is 292 g/mol. The van der Waals surface area contributed by atoms with Crippen molar-refractivity contribution in [3.8, 4) is 0 Å². The normalized spacial score (nSPS) is 20.0. The summed E-state index contributed by atoms with van der Waals surface area (Å²) in [5.41, 5.74) is 1.19. The van der Waals surface area contributed by atoms with Crippen molar-refractivity contribution in [3.05, 3.63) is 21.9 Å². The molecule has 1 aliphatic rings. The Morgan fingerprint density at radius 1 is 1.45 bits per heavy atom. The standard InChI is InChI=1S/C14H24N2O2S2/c1-3-7-15-8-4-11-20(17,18)16-9-5-14-13(12(16)2)6-10-19-14/h6,10,12,15H,3-5,7-9,11H2,1-2H3. The van der Waals surface area contributed by atoms with Crippen LogP contribution < -0.4 is 5.32 Å². The zero-order chi connectivity index (χ0) is 14.6. The molecule has 0 fully saturated rings. The SMILES string of the molecule is CCCNCCCS(=O)(=O)N1CCc2sccc2C1C. The van der Waals surface area contributed by atoms with Gasteiger partial charge in [-0.25, -0.2) is 8.42 Å². The maximum absolute atomic E-state index is 12.5. The van der Waals surface area contributed by atoms with E-state index in [1.165, 1.54) is 10.4 Å². The lowest BCUT2D eigenvalue weighted by Crippen LogP contribution is -2.40. The molecule has 0 saturated carbocycles. The number of rotatable bonds is 7. The summed E-state index contributed by atoms with van der Waals surface area (Å²) < 4.78 is 26.6. The number of hydrogen-bond acceptors (Lipinski definition) is 4. The Morgan fingerprint density at radius 3 is 3.00 bits per heavy atom. The molecule has 20 heavy (non-hydrogen) atoms. The summed E-state index contributed by atoms with van der Waals surface area (Å²) in [6, 6.07) is 2.05. The summed E-state index contributed by atoms with van der Waals surface area (Å²) in [4.78, 5) is 1.34. The van der Waals surface area contributed by atoms with Gasteiger partial charge in [0.2, 0.25) is 10.0 Å². The van der Waals surface area contributed by atoms with Gasteiger partial charge in [-0.3, -0.25) is 0 Å². The van der Waals surface area contributed by atoms with E-state index in [9.17, 15) is 8.42 Å². The van der Waals surface area contributed by atoms with Crippen LogP contribution in [0.25, 0.3) is 0 Å². The Morgan fingerprint density at radius 2 is 2.25 bits per heavy atom. The zero-order valence-corrected chi connectivity index (χ0v) is 13.9. The van der Waals surface area contributed by atoms with E-state index < -0.39 is 10.0 Å². The number of nitrogens with zero attached hydrogens (tertiary/aromatic N) is 1. The van der Waals surface area contributed by atoms with Gasteiger partial charge in [-0.1, -0.05) is 6.92 Å². The van der Waals surface area contributed by atoms with Gasteiger partial charge in [-0.05, 0) is 56.3 Å². The number of hydrogen-bond donors (Lipinski definition) is 1. The van der Waals surface area contributed by atoms with Crippen LogP contribution in [-0.2, 0) is 16.4 Å². The third kappa shape index (κ3) is 3.61. The molecule has 1 atom stereocenters. The Bertz CT molecular complexity index is 525. The fraction of sp³-hybridized carbons (Fsp3) is 0.714. The minimum atomic E-state index is -3.14. The molecule has 0 aromatic carbocycles. The second kappa shape index (κ2) is 7.02. The maximum Gasteiger partial charge on any atom is 0.214 e. The van der Waals surface area contributed by atoms with Crippen molar-refractivity contribution < 1.29 is 8.42 Å². The lowest BCUT2D eigenvalue weighted by molar-refractivity contribution is 0.328. The number of thiophene rings is 1. The van der Waals surface area contributed by atoms with E-state index in [2.05, 4.69) is 23.7 Å². The monoisotopic (exact) mass is 316 g/mol. The van der Waals surface area contributed by atoms with Crippen LogP contribution in [0.3, 0.4) is 0 Å². The third-order valence-electron chi connectivity index (χ3n) is 3.76. The van der Waals surface area contributed by atoms with E-state index >= 15 is 0 Å². The van der Waals surface area contributed by atoms with Crippen LogP contribution in [0.5, 0.6) is 0 Å². The highest BCUT2D eigenvalue weighted by Crippen LogP contribution is 2.34. The van der Waals surface area contributed by atoms with Crippen molar-refractivity contribution in [2.24, 2.45) is 0 Å². The predicted octanol–water partition coefficient (Wildman–Crippen LogP) is 2.39. The first kappa shape index (κ1) is 15.9. The molecule has 4 nitrogen and oxygen atoms in total. The van der Waals surface area contributed by atoms with Gasteiger partial charge >= 0.3 is 0 Å². The topological polar surface area (TPSA) is 49.4 Å². The molecule has 0 radical (unpaired) electrons. The van der Waals surface area contributed by atoms with Crippen molar-refractivity contribution in [1.82, 2.24) is 9.62 Å². The van der Waals surface area contributed by atoms with Crippen molar-refractivity contribution in [2.45, 2.75) is 39.2 Å². The van der Waals surface area contributed by atoms with Crippen LogP contribution in [0, 0.1) is 0 Å². The van der Waals surface area contributed by atoms with Gasteiger partial charge in [0.05, 0.1) is 5.75 Å². The summed E-state index contributed by atoms with van der Waals surface area (Å²) in [6.07, 6.45) is 2.61. The van der Waals surface area contributed by atoms with Crippen molar-refractivity contribution in [2.75, 3.05) is 25.4 Å². The first-order chi connectivity index (χ1) is 9.56. The van der Waals surface area contributed by atoms with Crippen molar-refractivity contribution in [3.63, 3.8) is 0 Å². The summed E-state index contributed by atoms with van der Waals surface area (Å²) in [6.45, 7) is 6.46. The molecule has 0 bridgehead atoms. The molecule has 2 rings (SSSR count). The number of nitrogens with one attached hydrogen (secondary N) is 1. The van der Waals surface area contributed by atoms with Crippen LogP contribution in [-0.4, -0.2) is 38.1 Å². The Kier molecular flexibility index (Phi) is 5.60. The van der Waals surface area contributed by atoms with Gasteiger partial charge in [0, 0.05) is 17.5 Å². The summed E-state index contributed by atoms with van der Waals surface area (Å²) in [5.74, 6) is 0.244. The van der Waals surface area contributed by atoms with Crippen molar-refractivity contribution >= 4 is 21.4 Å². The van der Waals surface area contributed by atoms with Gasteiger partial charge in [-0.15, -0.1) is 11.3 Å². The summed E-state index contributed by atoms with van der Waals surface area (Å²) in [7, 11) is -3.14. The highest BCUT2D eigenvalue weighted by atomic mass is 32.2. The fourth-order valence-corrected chi connectivity index (χ4v) is 5.34. The van der Waals surface area contributed by atoms with Gasteiger partial charge in [-0.2, -0.15) is 4.31 Å². The van der Waals surface area contributed by atoms with Gasteiger partial charge < -0.3 is 5.32 Å². The van der Waals surface area contributed by atoms with Crippen LogP contribution >= 0.6 is 11.3 Å². The Hall–Kier alpha value is -0.430. The van der Waals surface area contributed by atoms with Gasteiger partial charge in [0.15, 0.2) is 0 Å². The van der Waals surface area contributed by atoms with Crippen LogP contribution in [0.2, 0.25) is 0 Å². The van der Waals surface area contributed by atoms with E-state index in [1.54, 1.807) is 15.6 Å². The van der Waals surface area contributed by atoms with E-state index in [0.717, 1.165) is 25.9 Å². The molecule has 1 aromatic rings. The Balaban J connectivity index is 1.93. The summed E-state index contributed by atoms with van der Waals surface area (Å²) >= 11 is 1.74. The molecule has 0 amide bonds. The quantitative estimate of drug-likeness (QED) is 0.786. The average Bonchev–Trinajstić information content (AvgIpc) is 2.88. The zero-order valence-electron chi connectivity index (χ0n) is 12.3. The molecule has 1 N–H and O–H groups in total. The highest BCUT2D eigenvalue weighted by Gasteiger charge is 2.32. The van der Waals surface area contributed by atoms with Crippen molar-refractivity contribution in [1.29, 1.82) is 0 Å². The van der Waals surface area contributed by atoms with E-state index in [0.29, 0.717) is 13.0 Å². The predicted molar refractivity (Wildman–Crippen MR) is 84.7 cm³/mol. The largest absolute Gasteiger partial charge is 0.317 e. The lowest BCUT2D eigenvalue weighted by atomic mass is 10.0. The summed E-state index contributed by atoms with van der Waals surface area (Å²) in [5, 5.41) is 5.31. The van der Waals surface area contributed by atoms with Crippen LogP contribution in [0.1, 0.15) is 43.2 Å². The molecular formula is C14H24N2O2S2. The van der Waals surface area contributed by atoms with Gasteiger partial charge in [0.1, 0.15) is 0 Å². The molecule has 2 heterocycles. The Labute approximate surface area is 126 Å². The molecule has 0 saturated heterocycles. The average molecular weight is 316 g/mol.